The lowest BCUT2D eigenvalue weighted by molar-refractivity contribution is 0.411. The van der Waals surface area contributed by atoms with E-state index < -0.39 is 0 Å². The zero-order chi connectivity index (χ0) is 11.7. The van der Waals surface area contributed by atoms with Crippen molar-refractivity contribution in [3.8, 4) is 5.75 Å². The van der Waals surface area contributed by atoms with Crippen LogP contribution < -0.4 is 16.0 Å². The summed E-state index contributed by atoms with van der Waals surface area (Å²) in [5.74, 6) is 7.68. The summed E-state index contributed by atoms with van der Waals surface area (Å²) in [5.41, 5.74) is 4.02. The topological polar surface area (TPSA) is 47.3 Å². The Balaban J connectivity index is 2.24. The highest BCUT2D eigenvalue weighted by atomic mass is 35.5. The Morgan fingerprint density at radius 2 is 2.25 bits per heavy atom. The predicted octanol–water partition coefficient (Wildman–Crippen LogP) is 2.51. The predicted molar refractivity (Wildman–Crippen MR) is 65.3 cm³/mol. The van der Waals surface area contributed by atoms with Crippen LogP contribution in [0.5, 0.6) is 5.75 Å². The summed E-state index contributed by atoms with van der Waals surface area (Å²) in [7, 11) is 1.62. The summed E-state index contributed by atoms with van der Waals surface area (Å²) in [6.45, 7) is 2.24. The number of halogens is 1. The molecule has 3 unspecified atom stereocenters. The Bertz CT molecular complexity index is 383. The molecule has 0 amide bonds. The molecule has 0 heterocycles. The highest BCUT2D eigenvalue weighted by Gasteiger charge is 2.39. The normalized spacial score (nSPS) is 25.2. The minimum absolute atomic E-state index is 0.196. The van der Waals surface area contributed by atoms with E-state index >= 15 is 0 Å². The maximum atomic E-state index is 5.99. The fourth-order valence-electron chi connectivity index (χ4n) is 2.15. The number of rotatable bonds is 4. The van der Waals surface area contributed by atoms with Gasteiger partial charge in [0.05, 0.1) is 12.1 Å². The minimum atomic E-state index is 0.196. The van der Waals surface area contributed by atoms with Crippen molar-refractivity contribution in [3.05, 3.63) is 28.8 Å². The van der Waals surface area contributed by atoms with Gasteiger partial charge in [-0.3, -0.25) is 11.3 Å². The molecule has 1 aromatic carbocycles. The van der Waals surface area contributed by atoms with Gasteiger partial charge in [-0.25, -0.2) is 0 Å². The Kier molecular flexibility index (Phi) is 3.38. The van der Waals surface area contributed by atoms with Crippen molar-refractivity contribution < 1.29 is 4.74 Å². The van der Waals surface area contributed by atoms with Gasteiger partial charge in [-0.15, -0.1) is 0 Å². The second-order valence-corrected chi connectivity index (χ2v) is 4.82. The molecule has 2 rings (SSSR count). The van der Waals surface area contributed by atoms with Gasteiger partial charge in [0.1, 0.15) is 5.75 Å². The highest BCUT2D eigenvalue weighted by Crippen LogP contribution is 2.47. The van der Waals surface area contributed by atoms with Crippen LogP contribution in [0.15, 0.2) is 18.2 Å². The molecule has 3 N–H and O–H groups in total. The van der Waals surface area contributed by atoms with E-state index in [1.807, 2.05) is 18.2 Å². The average Bonchev–Trinajstić information content (AvgIpc) is 2.99. The largest absolute Gasteiger partial charge is 0.495 e. The molecule has 1 aliphatic rings. The fourth-order valence-corrected chi connectivity index (χ4v) is 2.35. The second kappa shape index (κ2) is 4.62. The van der Waals surface area contributed by atoms with Crippen LogP contribution in [0.1, 0.15) is 24.9 Å². The lowest BCUT2D eigenvalue weighted by Gasteiger charge is -2.17. The number of ether oxygens (including phenoxy) is 1. The SMILES string of the molecule is COc1cc(C(NN)C2CC2C)ccc1Cl. The van der Waals surface area contributed by atoms with Crippen molar-refractivity contribution in [1.29, 1.82) is 0 Å². The van der Waals surface area contributed by atoms with E-state index in [1.54, 1.807) is 7.11 Å². The Morgan fingerprint density at radius 1 is 1.56 bits per heavy atom. The molecule has 1 aromatic rings. The van der Waals surface area contributed by atoms with Crippen molar-refractivity contribution in [2.24, 2.45) is 17.7 Å². The van der Waals surface area contributed by atoms with Crippen LogP contribution in [0.4, 0.5) is 0 Å². The van der Waals surface area contributed by atoms with Crippen molar-refractivity contribution in [2.75, 3.05) is 7.11 Å². The Labute approximate surface area is 101 Å². The first-order chi connectivity index (χ1) is 7.67. The van der Waals surface area contributed by atoms with Crippen LogP contribution in [0, 0.1) is 11.8 Å². The molecule has 4 heteroatoms. The quantitative estimate of drug-likeness (QED) is 0.628. The van der Waals surface area contributed by atoms with Gasteiger partial charge in [0.25, 0.3) is 0 Å². The number of benzene rings is 1. The second-order valence-electron chi connectivity index (χ2n) is 4.42. The molecule has 3 atom stereocenters. The molecule has 1 saturated carbocycles. The van der Waals surface area contributed by atoms with Crippen LogP contribution in [-0.4, -0.2) is 7.11 Å². The lowest BCUT2D eigenvalue weighted by atomic mass is 10.0. The zero-order valence-electron chi connectivity index (χ0n) is 9.53. The molecule has 1 aliphatic carbocycles. The summed E-state index contributed by atoms with van der Waals surface area (Å²) in [6.07, 6.45) is 1.22. The molecule has 16 heavy (non-hydrogen) atoms. The third-order valence-corrected chi connectivity index (χ3v) is 3.63. The zero-order valence-corrected chi connectivity index (χ0v) is 10.3. The van der Waals surface area contributed by atoms with Gasteiger partial charge in [0, 0.05) is 6.04 Å². The molecule has 0 bridgehead atoms. The van der Waals surface area contributed by atoms with Crippen LogP contribution in [0.3, 0.4) is 0 Å². The number of hydrogen-bond donors (Lipinski definition) is 2. The van der Waals surface area contributed by atoms with Crippen LogP contribution in [0.25, 0.3) is 0 Å². The molecule has 0 spiro atoms. The Morgan fingerprint density at radius 3 is 2.75 bits per heavy atom. The van der Waals surface area contributed by atoms with Crippen LogP contribution in [-0.2, 0) is 0 Å². The molecule has 0 radical (unpaired) electrons. The first kappa shape index (κ1) is 11.7. The van der Waals surface area contributed by atoms with Gasteiger partial charge < -0.3 is 4.74 Å². The van der Waals surface area contributed by atoms with E-state index in [1.165, 1.54) is 6.42 Å². The van der Waals surface area contributed by atoms with Crippen molar-refractivity contribution in [2.45, 2.75) is 19.4 Å². The van der Waals surface area contributed by atoms with Crippen LogP contribution >= 0.6 is 11.6 Å². The highest BCUT2D eigenvalue weighted by molar-refractivity contribution is 6.32. The molecule has 0 aromatic heterocycles. The number of nitrogens with one attached hydrogen (secondary N) is 1. The molecule has 1 fully saturated rings. The molecule has 0 saturated heterocycles. The van der Waals surface area contributed by atoms with Gasteiger partial charge in [0.2, 0.25) is 0 Å². The number of hydrogen-bond acceptors (Lipinski definition) is 3. The van der Waals surface area contributed by atoms with E-state index in [0.29, 0.717) is 16.7 Å². The molecular formula is C12H17ClN2O. The van der Waals surface area contributed by atoms with Crippen LogP contribution in [0.2, 0.25) is 5.02 Å². The van der Waals surface area contributed by atoms with Gasteiger partial charge in [-0.1, -0.05) is 24.6 Å². The van der Waals surface area contributed by atoms with Gasteiger partial charge in [-0.2, -0.15) is 0 Å². The smallest absolute Gasteiger partial charge is 0.137 e. The summed E-state index contributed by atoms with van der Waals surface area (Å²) in [4.78, 5) is 0. The maximum absolute atomic E-state index is 5.99. The third-order valence-electron chi connectivity index (χ3n) is 3.31. The van der Waals surface area contributed by atoms with Crippen molar-refractivity contribution >= 4 is 11.6 Å². The van der Waals surface area contributed by atoms with Crippen molar-refractivity contribution in [1.82, 2.24) is 5.43 Å². The third kappa shape index (κ3) is 2.17. The van der Waals surface area contributed by atoms with E-state index in [0.717, 1.165) is 11.5 Å². The van der Waals surface area contributed by atoms with Crippen molar-refractivity contribution in [3.63, 3.8) is 0 Å². The summed E-state index contributed by atoms with van der Waals surface area (Å²) in [6, 6.07) is 6.01. The fraction of sp³-hybridized carbons (Fsp3) is 0.500. The molecular weight excluding hydrogens is 224 g/mol. The molecule has 3 nitrogen and oxygen atoms in total. The average molecular weight is 241 g/mol. The number of nitrogens with two attached hydrogens (primary N) is 1. The van der Waals surface area contributed by atoms with E-state index in [-0.39, 0.29) is 6.04 Å². The number of methoxy groups -OCH3 is 1. The molecule has 0 aliphatic heterocycles. The van der Waals surface area contributed by atoms with E-state index in [9.17, 15) is 0 Å². The first-order valence-electron chi connectivity index (χ1n) is 5.47. The summed E-state index contributed by atoms with van der Waals surface area (Å²) < 4.78 is 5.21. The van der Waals surface area contributed by atoms with E-state index in [4.69, 9.17) is 22.2 Å². The monoisotopic (exact) mass is 240 g/mol. The van der Waals surface area contributed by atoms with Gasteiger partial charge in [0.15, 0.2) is 0 Å². The van der Waals surface area contributed by atoms with Gasteiger partial charge in [-0.05, 0) is 36.0 Å². The minimum Gasteiger partial charge on any atom is -0.495 e. The standard InChI is InChI=1S/C12H17ClN2O/c1-7-5-9(7)12(15-14)8-3-4-10(13)11(6-8)16-2/h3-4,6-7,9,12,15H,5,14H2,1-2H3. The maximum Gasteiger partial charge on any atom is 0.137 e. The summed E-state index contributed by atoms with van der Waals surface area (Å²) in [5, 5.41) is 0.630. The number of hydrazine groups is 1. The van der Waals surface area contributed by atoms with E-state index in [2.05, 4.69) is 12.3 Å². The van der Waals surface area contributed by atoms with Gasteiger partial charge >= 0.3 is 0 Å². The lowest BCUT2D eigenvalue weighted by Crippen LogP contribution is -2.29. The Hall–Kier alpha value is -0.770. The first-order valence-corrected chi connectivity index (χ1v) is 5.84. The molecule has 88 valence electrons. The summed E-state index contributed by atoms with van der Waals surface area (Å²) >= 11 is 5.99.